The third-order valence-corrected chi connectivity index (χ3v) is 6.54. The van der Waals surface area contributed by atoms with Crippen molar-refractivity contribution in [3.63, 3.8) is 0 Å². The van der Waals surface area contributed by atoms with E-state index in [0.717, 1.165) is 39.9 Å². The first-order valence-electron chi connectivity index (χ1n) is 10.2. The molecule has 4 rings (SSSR count). The number of rotatable bonds is 6. The number of nitrogens with zero attached hydrogens (tertiary/aromatic N) is 3. The highest BCUT2D eigenvalue weighted by Crippen LogP contribution is 2.29. The standard InChI is InChI=1S/C23H24N4O2S/c1-4-14-9-7-10-15(5-2)18(14)26-21(28)17(6-3)27-13-25-19-16-11-8-12-24-22(16)30-20(19)23(27)29/h7-13,17H,4-6H2,1-3H3,(H,26,28)/t17-/m1/s1. The molecule has 7 heteroatoms. The number of aryl methyl sites for hydroxylation is 2. The average molecular weight is 421 g/mol. The lowest BCUT2D eigenvalue weighted by atomic mass is 10.0. The molecule has 0 bridgehead atoms. The highest BCUT2D eigenvalue weighted by molar-refractivity contribution is 7.25. The molecule has 154 valence electrons. The quantitative estimate of drug-likeness (QED) is 0.490. The number of benzene rings is 1. The Bertz CT molecular complexity index is 1270. The zero-order valence-corrected chi connectivity index (χ0v) is 18.1. The van der Waals surface area contributed by atoms with Crippen LogP contribution >= 0.6 is 11.3 Å². The molecule has 0 aliphatic carbocycles. The van der Waals surface area contributed by atoms with Gasteiger partial charge in [0.25, 0.3) is 5.56 Å². The molecule has 1 atom stereocenters. The number of fused-ring (bicyclic) bond motifs is 3. The molecule has 4 aromatic rings. The summed E-state index contributed by atoms with van der Waals surface area (Å²) in [6.07, 6.45) is 5.32. The second-order valence-electron chi connectivity index (χ2n) is 7.16. The van der Waals surface area contributed by atoms with Crippen LogP contribution in [-0.4, -0.2) is 20.4 Å². The van der Waals surface area contributed by atoms with E-state index < -0.39 is 6.04 Å². The summed E-state index contributed by atoms with van der Waals surface area (Å²) >= 11 is 1.32. The summed E-state index contributed by atoms with van der Waals surface area (Å²) in [5.41, 5.74) is 3.48. The Kier molecular flexibility index (Phi) is 5.63. The Morgan fingerprint density at radius 3 is 2.50 bits per heavy atom. The van der Waals surface area contributed by atoms with Gasteiger partial charge in [-0.1, -0.05) is 39.0 Å². The second-order valence-corrected chi connectivity index (χ2v) is 8.16. The van der Waals surface area contributed by atoms with Crippen molar-refractivity contribution >= 4 is 43.4 Å². The van der Waals surface area contributed by atoms with E-state index in [0.29, 0.717) is 16.6 Å². The Hall–Kier alpha value is -3.06. The number of nitrogens with one attached hydrogen (secondary N) is 1. The molecule has 0 fully saturated rings. The lowest BCUT2D eigenvalue weighted by Gasteiger charge is -2.20. The number of aromatic nitrogens is 3. The highest BCUT2D eigenvalue weighted by Gasteiger charge is 2.23. The number of amides is 1. The summed E-state index contributed by atoms with van der Waals surface area (Å²) in [4.78, 5) is 36.1. The van der Waals surface area contributed by atoms with Gasteiger partial charge in [-0.15, -0.1) is 11.3 Å². The number of anilines is 1. The fourth-order valence-electron chi connectivity index (χ4n) is 3.82. The molecule has 0 unspecified atom stereocenters. The minimum Gasteiger partial charge on any atom is -0.324 e. The van der Waals surface area contributed by atoms with Gasteiger partial charge in [0.05, 0.1) is 11.8 Å². The number of pyridine rings is 1. The monoisotopic (exact) mass is 420 g/mol. The van der Waals surface area contributed by atoms with Crippen LogP contribution in [0.4, 0.5) is 5.69 Å². The maximum Gasteiger partial charge on any atom is 0.272 e. The van der Waals surface area contributed by atoms with Gasteiger partial charge in [0.1, 0.15) is 15.6 Å². The van der Waals surface area contributed by atoms with Gasteiger partial charge in [-0.2, -0.15) is 0 Å². The van der Waals surface area contributed by atoms with Gasteiger partial charge in [0.15, 0.2) is 0 Å². The van der Waals surface area contributed by atoms with Crippen LogP contribution in [0.2, 0.25) is 0 Å². The third kappa shape index (κ3) is 3.39. The van der Waals surface area contributed by atoms with Crippen LogP contribution in [0.5, 0.6) is 0 Å². The van der Waals surface area contributed by atoms with E-state index >= 15 is 0 Å². The van der Waals surface area contributed by atoms with Crippen LogP contribution in [0.25, 0.3) is 20.4 Å². The van der Waals surface area contributed by atoms with Crippen molar-refractivity contribution in [2.45, 2.75) is 46.1 Å². The number of hydrogen-bond acceptors (Lipinski definition) is 5. The molecular weight excluding hydrogens is 396 g/mol. The van der Waals surface area contributed by atoms with Crippen molar-refractivity contribution in [3.05, 3.63) is 64.3 Å². The van der Waals surface area contributed by atoms with Crippen molar-refractivity contribution in [2.75, 3.05) is 5.32 Å². The molecule has 0 aliphatic rings. The average Bonchev–Trinajstić information content (AvgIpc) is 3.15. The van der Waals surface area contributed by atoms with Gasteiger partial charge in [-0.25, -0.2) is 9.97 Å². The Labute approximate surface area is 178 Å². The Morgan fingerprint density at radius 1 is 1.10 bits per heavy atom. The molecular formula is C23H24N4O2S. The van der Waals surface area contributed by atoms with Crippen molar-refractivity contribution in [3.8, 4) is 0 Å². The molecule has 0 radical (unpaired) electrons. The molecule has 30 heavy (non-hydrogen) atoms. The molecule has 6 nitrogen and oxygen atoms in total. The smallest absolute Gasteiger partial charge is 0.272 e. The van der Waals surface area contributed by atoms with Crippen LogP contribution in [0, 0.1) is 0 Å². The largest absolute Gasteiger partial charge is 0.324 e. The lowest BCUT2D eigenvalue weighted by Crippen LogP contribution is -2.33. The summed E-state index contributed by atoms with van der Waals surface area (Å²) in [5, 5.41) is 3.96. The number of hydrogen-bond donors (Lipinski definition) is 1. The predicted molar refractivity (Wildman–Crippen MR) is 122 cm³/mol. The molecule has 1 N–H and O–H groups in total. The van der Waals surface area contributed by atoms with E-state index in [2.05, 4.69) is 29.1 Å². The maximum atomic E-state index is 13.2. The molecule has 1 amide bonds. The SMILES string of the molecule is CCc1cccc(CC)c1NC(=O)[C@@H](CC)n1cnc2c(sc3ncccc32)c1=O. The number of carbonyl (C=O) groups excluding carboxylic acids is 1. The zero-order valence-electron chi connectivity index (χ0n) is 17.3. The minimum atomic E-state index is -0.637. The van der Waals surface area contributed by atoms with Crippen molar-refractivity contribution in [1.82, 2.24) is 14.5 Å². The van der Waals surface area contributed by atoms with Gasteiger partial charge < -0.3 is 5.32 Å². The molecule has 0 saturated carbocycles. The van der Waals surface area contributed by atoms with E-state index in [-0.39, 0.29) is 11.5 Å². The lowest BCUT2D eigenvalue weighted by molar-refractivity contribution is -0.119. The Morgan fingerprint density at radius 2 is 1.83 bits per heavy atom. The summed E-state index contributed by atoms with van der Waals surface area (Å²) in [5.74, 6) is -0.199. The predicted octanol–water partition coefficient (Wildman–Crippen LogP) is 4.72. The van der Waals surface area contributed by atoms with Crippen LogP contribution in [0.3, 0.4) is 0 Å². The van der Waals surface area contributed by atoms with Crippen LogP contribution < -0.4 is 10.9 Å². The van der Waals surface area contributed by atoms with Crippen molar-refractivity contribution < 1.29 is 4.79 Å². The van der Waals surface area contributed by atoms with Gasteiger partial charge >= 0.3 is 0 Å². The topological polar surface area (TPSA) is 76.9 Å². The zero-order chi connectivity index (χ0) is 21.3. The number of thiophene rings is 1. The highest BCUT2D eigenvalue weighted by atomic mass is 32.1. The van der Waals surface area contributed by atoms with Crippen LogP contribution in [0.15, 0.2) is 47.7 Å². The molecule has 3 aromatic heterocycles. The minimum absolute atomic E-state index is 0.199. The van der Waals surface area contributed by atoms with E-state index in [1.807, 2.05) is 37.3 Å². The van der Waals surface area contributed by atoms with E-state index in [9.17, 15) is 9.59 Å². The van der Waals surface area contributed by atoms with Crippen LogP contribution in [-0.2, 0) is 17.6 Å². The van der Waals surface area contributed by atoms with Crippen molar-refractivity contribution in [2.24, 2.45) is 0 Å². The fraction of sp³-hybridized carbons (Fsp3) is 0.304. The second kappa shape index (κ2) is 8.36. The van der Waals surface area contributed by atoms with Crippen LogP contribution in [0.1, 0.15) is 44.4 Å². The van der Waals surface area contributed by atoms with Gasteiger partial charge in [-0.3, -0.25) is 14.2 Å². The van der Waals surface area contributed by atoms with Gasteiger partial charge in [-0.05, 0) is 42.5 Å². The molecule has 3 heterocycles. The number of para-hydroxylation sites is 1. The first-order chi connectivity index (χ1) is 14.6. The van der Waals surface area contributed by atoms with E-state index in [4.69, 9.17) is 0 Å². The summed E-state index contributed by atoms with van der Waals surface area (Å²) in [6, 6.07) is 9.18. The molecule has 1 aromatic carbocycles. The van der Waals surface area contributed by atoms with Gasteiger partial charge in [0.2, 0.25) is 5.91 Å². The number of carbonyl (C=O) groups is 1. The Balaban J connectivity index is 1.75. The first-order valence-corrected chi connectivity index (χ1v) is 11.1. The fourth-order valence-corrected chi connectivity index (χ4v) is 4.86. The molecule has 0 saturated heterocycles. The summed E-state index contributed by atoms with van der Waals surface area (Å²) in [7, 11) is 0. The normalized spacial score (nSPS) is 12.4. The summed E-state index contributed by atoms with van der Waals surface area (Å²) in [6.45, 7) is 6.04. The summed E-state index contributed by atoms with van der Waals surface area (Å²) < 4.78 is 1.98. The van der Waals surface area contributed by atoms with E-state index in [1.165, 1.54) is 22.2 Å². The maximum absolute atomic E-state index is 13.2. The third-order valence-electron chi connectivity index (χ3n) is 5.45. The molecule has 0 aliphatic heterocycles. The first kappa shape index (κ1) is 20.2. The van der Waals surface area contributed by atoms with Crippen molar-refractivity contribution in [1.29, 1.82) is 0 Å². The van der Waals surface area contributed by atoms with Gasteiger partial charge in [0, 0.05) is 17.3 Å². The van der Waals surface area contributed by atoms with E-state index in [1.54, 1.807) is 6.20 Å². The molecule has 0 spiro atoms.